The minimum atomic E-state index is -0.522. The standard InChI is InChI=1S/C13H17N3O2/c1-9(14)13(18)15-6-7-16-11-5-3-2-4-10(11)8-12(16)17/h2-5,9H,6-8,14H2,1H3,(H,15,18)/t9-/m1/s1. The Labute approximate surface area is 106 Å². The fraction of sp³-hybridized carbons (Fsp3) is 0.385. The van der Waals surface area contributed by atoms with Gasteiger partial charge in [0.2, 0.25) is 11.8 Å². The fourth-order valence-corrected chi connectivity index (χ4v) is 2.01. The van der Waals surface area contributed by atoms with E-state index in [9.17, 15) is 9.59 Å². The van der Waals surface area contributed by atoms with Crippen LogP contribution in [0.2, 0.25) is 0 Å². The predicted octanol–water partition coefficient (Wildman–Crippen LogP) is 0.0391. The molecule has 3 N–H and O–H groups in total. The summed E-state index contributed by atoms with van der Waals surface area (Å²) in [6.45, 7) is 2.53. The van der Waals surface area contributed by atoms with Crippen molar-refractivity contribution in [2.45, 2.75) is 19.4 Å². The molecule has 2 rings (SSSR count). The Bertz CT molecular complexity index is 471. The number of nitrogens with zero attached hydrogens (tertiary/aromatic N) is 1. The van der Waals surface area contributed by atoms with Crippen LogP contribution >= 0.6 is 0 Å². The third kappa shape index (κ3) is 2.51. The SMILES string of the molecule is C[C@@H](N)C(=O)NCCN1C(=O)Cc2ccccc21. The highest BCUT2D eigenvalue weighted by molar-refractivity contribution is 6.01. The van der Waals surface area contributed by atoms with Gasteiger partial charge >= 0.3 is 0 Å². The molecule has 1 heterocycles. The fourth-order valence-electron chi connectivity index (χ4n) is 2.01. The summed E-state index contributed by atoms with van der Waals surface area (Å²) >= 11 is 0. The summed E-state index contributed by atoms with van der Waals surface area (Å²) in [4.78, 5) is 24.8. The highest BCUT2D eigenvalue weighted by Gasteiger charge is 2.26. The van der Waals surface area contributed by atoms with Crippen molar-refractivity contribution >= 4 is 17.5 Å². The number of benzene rings is 1. The van der Waals surface area contributed by atoms with Crippen LogP contribution in [-0.2, 0) is 16.0 Å². The Morgan fingerprint density at radius 3 is 2.94 bits per heavy atom. The van der Waals surface area contributed by atoms with E-state index in [1.807, 2.05) is 24.3 Å². The molecule has 0 saturated heterocycles. The second-order valence-corrected chi connectivity index (χ2v) is 4.43. The number of anilines is 1. The molecular weight excluding hydrogens is 230 g/mol. The lowest BCUT2D eigenvalue weighted by molar-refractivity contribution is -0.122. The van der Waals surface area contributed by atoms with Crippen LogP contribution in [0.25, 0.3) is 0 Å². The second kappa shape index (κ2) is 5.18. The van der Waals surface area contributed by atoms with E-state index in [4.69, 9.17) is 5.73 Å². The van der Waals surface area contributed by atoms with Crippen LogP contribution in [0, 0.1) is 0 Å². The van der Waals surface area contributed by atoms with Gasteiger partial charge < -0.3 is 16.0 Å². The molecule has 5 heteroatoms. The van der Waals surface area contributed by atoms with Gasteiger partial charge in [-0.3, -0.25) is 9.59 Å². The number of amides is 2. The predicted molar refractivity (Wildman–Crippen MR) is 69.2 cm³/mol. The van der Waals surface area contributed by atoms with Gasteiger partial charge in [0, 0.05) is 18.8 Å². The Balaban J connectivity index is 1.94. The zero-order valence-electron chi connectivity index (χ0n) is 10.3. The van der Waals surface area contributed by atoms with Crippen molar-refractivity contribution in [2.24, 2.45) is 5.73 Å². The van der Waals surface area contributed by atoms with Crippen LogP contribution < -0.4 is 16.0 Å². The topological polar surface area (TPSA) is 75.4 Å². The Morgan fingerprint density at radius 1 is 1.50 bits per heavy atom. The van der Waals surface area contributed by atoms with Crippen LogP contribution in [0.3, 0.4) is 0 Å². The number of rotatable bonds is 4. The van der Waals surface area contributed by atoms with E-state index >= 15 is 0 Å². The molecular formula is C13H17N3O2. The van der Waals surface area contributed by atoms with Gasteiger partial charge in [-0.05, 0) is 18.6 Å². The van der Waals surface area contributed by atoms with E-state index in [1.165, 1.54) is 0 Å². The second-order valence-electron chi connectivity index (χ2n) is 4.43. The minimum absolute atomic E-state index is 0.0752. The van der Waals surface area contributed by atoms with Gasteiger partial charge in [-0.2, -0.15) is 0 Å². The van der Waals surface area contributed by atoms with Crippen LogP contribution in [-0.4, -0.2) is 30.9 Å². The Morgan fingerprint density at radius 2 is 2.22 bits per heavy atom. The Kier molecular flexibility index (Phi) is 3.62. The van der Waals surface area contributed by atoms with Gasteiger partial charge in [-0.15, -0.1) is 0 Å². The van der Waals surface area contributed by atoms with E-state index in [0.717, 1.165) is 11.3 Å². The summed E-state index contributed by atoms with van der Waals surface area (Å²) in [6.07, 6.45) is 0.442. The molecule has 0 spiro atoms. The summed E-state index contributed by atoms with van der Waals surface area (Å²) in [7, 11) is 0. The molecule has 1 aliphatic heterocycles. The van der Waals surface area contributed by atoms with Crippen molar-refractivity contribution in [3.8, 4) is 0 Å². The smallest absolute Gasteiger partial charge is 0.236 e. The largest absolute Gasteiger partial charge is 0.353 e. The van der Waals surface area contributed by atoms with E-state index in [-0.39, 0.29) is 11.8 Å². The molecule has 0 fully saturated rings. The maximum Gasteiger partial charge on any atom is 0.236 e. The van der Waals surface area contributed by atoms with Gasteiger partial charge in [0.05, 0.1) is 12.5 Å². The van der Waals surface area contributed by atoms with Crippen LogP contribution in [0.1, 0.15) is 12.5 Å². The molecule has 0 aliphatic carbocycles. The lowest BCUT2D eigenvalue weighted by Crippen LogP contribution is -2.42. The quantitative estimate of drug-likeness (QED) is 0.788. The van der Waals surface area contributed by atoms with E-state index in [0.29, 0.717) is 19.5 Å². The third-order valence-electron chi connectivity index (χ3n) is 2.97. The highest BCUT2D eigenvalue weighted by atomic mass is 16.2. The number of carbonyl (C=O) groups is 2. The van der Waals surface area contributed by atoms with E-state index in [2.05, 4.69) is 5.32 Å². The first-order chi connectivity index (χ1) is 8.59. The Hall–Kier alpha value is -1.88. The number of nitrogens with one attached hydrogen (secondary N) is 1. The van der Waals surface area contributed by atoms with Crippen molar-refractivity contribution in [2.75, 3.05) is 18.0 Å². The lowest BCUT2D eigenvalue weighted by Gasteiger charge is -2.18. The molecule has 1 atom stereocenters. The average molecular weight is 247 g/mol. The van der Waals surface area contributed by atoms with Gasteiger partial charge in [0.25, 0.3) is 0 Å². The molecule has 0 radical (unpaired) electrons. The number of hydrogen-bond donors (Lipinski definition) is 2. The normalized spacial score (nSPS) is 15.4. The molecule has 1 aliphatic rings. The number of para-hydroxylation sites is 1. The van der Waals surface area contributed by atoms with Crippen molar-refractivity contribution in [3.05, 3.63) is 29.8 Å². The first-order valence-corrected chi connectivity index (χ1v) is 6.01. The highest BCUT2D eigenvalue weighted by Crippen LogP contribution is 2.27. The molecule has 0 unspecified atom stereocenters. The number of carbonyl (C=O) groups excluding carboxylic acids is 2. The summed E-state index contributed by atoms with van der Waals surface area (Å²) < 4.78 is 0. The van der Waals surface area contributed by atoms with Gasteiger partial charge in [-0.1, -0.05) is 18.2 Å². The summed E-state index contributed by atoms with van der Waals surface area (Å²) in [5.74, 6) is -0.124. The monoisotopic (exact) mass is 247 g/mol. The first-order valence-electron chi connectivity index (χ1n) is 6.01. The van der Waals surface area contributed by atoms with Crippen molar-refractivity contribution in [3.63, 3.8) is 0 Å². The molecule has 5 nitrogen and oxygen atoms in total. The number of nitrogens with two attached hydrogens (primary N) is 1. The molecule has 0 aromatic heterocycles. The van der Waals surface area contributed by atoms with Crippen molar-refractivity contribution in [1.29, 1.82) is 0 Å². The molecule has 0 saturated carbocycles. The lowest BCUT2D eigenvalue weighted by atomic mass is 10.2. The van der Waals surface area contributed by atoms with E-state index < -0.39 is 6.04 Å². The maximum atomic E-state index is 11.8. The maximum absolute atomic E-state index is 11.8. The molecule has 1 aromatic rings. The van der Waals surface area contributed by atoms with Gasteiger partial charge in [0.1, 0.15) is 0 Å². The molecule has 0 bridgehead atoms. The molecule has 96 valence electrons. The summed E-state index contributed by atoms with van der Waals surface area (Å²) in [5.41, 5.74) is 7.43. The number of fused-ring (bicyclic) bond motifs is 1. The van der Waals surface area contributed by atoms with Crippen molar-refractivity contribution < 1.29 is 9.59 Å². The zero-order valence-corrected chi connectivity index (χ0v) is 10.3. The number of hydrogen-bond acceptors (Lipinski definition) is 3. The minimum Gasteiger partial charge on any atom is -0.353 e. The van der Waals surface area contributed by atoms with Crippen LogP contribution in [0.5, 0.6) is 0 Å². The van der Waals surface area contributed by atoms with Crippen LogP contribution in [0.15, 0.2) is 24.3 Å². The first kappa shape index (κ1) is 12.6. The third-order valence-corrected chi connectivity index (χ3v) is 2.97. The van der Waals surface area contributed by atoms with Gasteiger partial charge in [-0.25, -0.2) is 0 Å². The van der Waals surface area contributed by atoms with Gasteiger partial charge in [0.15, 0.2) is 0 Å². The molecule has 2 amide bonds. The zero-order chi connectivity index (χ0) is 13.1. The summed E-state index contributed by atoms with van der Waals surface area (Å²) in [5, 5.41) is 2.70. The molecule has 1 aromatic carbocycles. The average Bonchev–Trinajstić information content (AvgIpc) is 2.65. The van der Waals surface area contributed by atoms with E-state index in [1.54, 1.807) is 11.8 Å². The van der Waals surface area contributed by atoms with Crippen molar-refractivity contribution in [1.82, 2.24) is 5.32 Å². The molecule has 18 heavy (non-hydrogen) atoms. The van der Waals surface area contributed by atoms with Crippen LogP contribution in [0.4, 0.5) is 5.69 Å². The summed E-state index contributed by atoms with van der Waals surface area (Å²) in [6, 6.07) is 7.19.